The van der Waals surface area contributed by atoms with Gasteiger partial charge in [0, 0.05) is 31.5 Å². The maximum absolute atomic E-state index is 9.22. The predicted molar refractivity (Wildman–Crippen MR) is 537 cm³/mol. The summed E-state index contributed by atoms with van der Waals surface area (Å²) >= 11 is 2.11. The van der Waals surface area contributed by atoms with Gasteiger partial charge in [-0.05, 0) is 228 Å². The third-order valence-electron chi connectivity index (χ3n) is 24.9. The monoisotopic (exact) mass is 1650 g/mol. The van der Waals surface area contributed by atoms with Crippen LogP contribution in [-0.4, -0.2) is 49.0 Å². The molecule has 0 bridgehead atoms. The van der Waals surface area contributed by atoms with Crippen LogP contribution in [0.15, 0.2) is 109 Å². The van der Waals surface area contributed by atoms with Crippen LogP contribution in [0.2, 0.25) is 0 Å². The highest BCUT2D eigenvalue weighted by molar-refractivity contribution is 7.99. The normalized spacial score (nSPS) is 19.6. The molecule has 1 atom stereocenters. The Bertz CT molecular complexity index is 3350. The van der Waals surface area contributed by atoms with Crippen LogP contribution in [0.3, 0.4) is 0 Å². The lowest BCUT2D eigenvalue weighted by Crippen LogP contribution is -2.36. The van der Waals surface area contributed by atoms with Crippen LogP contribution in [0.25, 0.3) is 0 Å². The summed E-state index contributed by atoms with van der Waals surface area (Å²) in [5, 5.41) is 12.7. The van der Waals surface area contributed by atoms with Gasteiger partial charge in [-0.15, -0.1) is 0 Å². The van der Waals surface area contributed by atoms with Gasteiger partial charge in [0.05, 0.1) is 13.2 Å². The van der Waals surface area contributed by atoms with E-state index in [2.05, 4.69) is 386 Å². The molecule has 3 heterocycles. The molecule has 0 saturated carbocycles. The number of nitrogens with one attached hydrogen (secondary N) is 1. The maximum atomic E-state index is 9.22. The Kier molecular flexibility index (Phi) is 42.6. The van der Waals surface area contributed by atoms with Crippen LogP contribution >= 0.6 is 11.8 Å². The van der Waals surface area contributed by atoms with Gasteiger partial charge in [0.15, 0.2) is 0 Å². The Morgan fingerprint density at radius 2 is 0.593 bits per heavy atom. The quantitative estimate of drug-likeness (QED) is 0.248. The van der Waals surface area contributed by atoms with Gasteiger partial charge in [-0.3, -0.25) is 0 Å². The summed E-state index contributed by atoms with van der Waals surface area (Å²) in [7, 11) is 0. The first kappa shape index (κ1) is 113. The zero-order valence-corrected chi connectivity index (χ0v) is 89.2. The van der Waals surface area contributed by atoms with Gasteiger partial charge in [-0.1, -0.05) is 443 Å². The van der Waals surface area contributed by atoms with Crippen molar-refractivity contribution in [3.63, 3.8) is 0 Å². The van der Waals surface area contributed by atoms with Crippen molar-refractivity contribution in [3.05, 3.63) is 137 Å². The van der Waals surface area contributed by atoms with Crippen molar-refractivity contribution >= 4 is 11.8 Å². The summed E-state index contributed by atoms with van der Waals surface area (Å²) in [5.41, 5.74) is 37.4. The number of ether oxygens (including phenoxy) is 1. The van der Waals surface area contributed by atoms with Gasteiger partial charge >= 0.3 is 0 Å². The van der Waals surface area contributed by atoms with E-state index in [0.717, 1.165) is 38.3 Å². The van der Waals surface area contributed by atoms with Crippen LogP contribution in [0.4, 0.5) is 0 Å². The van der Waals surface area contributed by atoms with Crippen molar-refractivity contribution in [1.82, 2.24) is 5.32 Å². The van der Waals surface area contributed by atoms with Gasteiger partial charge < -0.3 is 20.9 Å². The highest BCUT2D eigenvalue weighted by atomic mass is 32.2. The molecule has 0 fully saturated rings. The molecule has 3 aliphatic heterocycles. The molecular formula is C113H204N2O2S. The Morgan fingerprint density at radius 1 is 0.305 bits per heavy atom. The lowest BCUT2D eigenvalue weighted by molar-refractivity contribution is 0.148. The van der Waals surface area contributed by atoms with Gasteiger partial charge in [0.1, 0.15) is 0 Å². The average Bonchev–Trinajstić information content (AvgIpc) is 1.15. The summed E-state index contributed by atoms with van der Waals surface area (Å²) in [4.78, 5) is 0. The summed E-state index contributed by atoms with van der Waals surface area (Å²) in [6.45, 7) is 115. The molecule has 0 spiro atoms. The van der Waals surface area contributed by atoms with Crippen LogP contribution < -0.4 is 11.1 Å². The standard InChI is InChI=1S/C16H30.C15H24O.C14H27N.C14H26O.C14H26S.C14H26.C14H22.C12H23N/c1-15(2,3)13-11-9-7-8-10-12-14(13)16(4,5)6;1-14(2,3)12-8-7-11(10-16)9-13(12)15(4,5)6;1-13(2,3)10-8-7-9-11(15)12(10)14(4,5)6;2*1-13(2,3)11-8-7-9-15-10-12(11)14(4,5)6;2*1-13(2,3)11-9-7-8-10-12(11)14(4,5)6;1-11(2,3)9-7-13-8-10(9)12(4,5)6/h7-12H2,1-6H3;7-9,16H,10H2,1-6H3;11H,7-9,15H2,1-6H3;2*7-10H2,1-6H3;7-10H2,1-6H3;7-10H,1-6H3;13H,7-8H2,1-6H3/b14-13-;;;;;;;. The third kappa shape index (κ3) is 38.9. The van der Waals surface area contributed by atoms with Crippen molar-refractivity contribution in [2.24, 2.45) is 70.7 Å². The van der Waals surface area contributed by atoms with E-state index in [1.54, 1.807) is 55.7 Å². The minimum Gasteiger partial charge on any atom is -0.392 e. The molecule has 1 unspecified atom stereocenters. The number of rotatable bonds is 1. The Balaban J connectivity index is 0.000000675. The topological polar surface area (TPSA) is 67.5 Å². The molecule has 118 heavy (non-hydrogen) atoms. The minimum atomic E-state index is 0.119. The predicted octanol–water partition coefficient (Wildman–Crippen LogP) is 34.7. The van der Waals surface area contributed by atoms with Crippen molar-refractivity contribution in [1.29, 1.82) is 0 Å². The number of aliphatic hydroxyl groups excluding tert-OH is 1. The van der Waals surface area contributed by atoms with Gasteiger partial charge in [-0.2, -0.15) is 11.8 Å². The smallest absolute Gasteiger partial charge is 0.0684 e. The fraction of sp³-hybridized carbons (Fsp3) is 0.788. The molecule has 4 N–H and O–H groups in total. The van der Waals surface area contributed by atoms with Gasteiger partial charge in [0.25, 0.3) is 0 Å². The summed E-state index contributed by atoms with van der Waals surface area (Å²) in [5.74, 6) is 2.58. The molecule has 0 saturated heterocycles. The number of hydrogen-bond donors (Lipinski definition) is 3. The Morgan fingerprint density at radius 3 is 0.898 bits per heavy atom. The van der Waals surface area contributed by atoms with Crippen molar-refractivity contribution in [3.8, 4) is 0 Å². The summed E-state index contributed by atoms with van der Waals surface area (Å²) < 4.78 is 5.70. The molecule has 5 heteroatoms. The van der Waals surface area contributed by atoms with E-state index in [4.69, 9.17) is 10.5 Å². The van der Waals surface area contributed by atoms with E-state index in [1.165, 1.54) is 148 Å². The van der Waals surface area contributed by atoms with E-state index in [9.17, 15) is 5.11 Å². The number of thioether (sulfide) groups is 1. The maximum Gasteiger partial charge on any atom is 0.0684 e. The zero-order valence-electron chi connectivity index (χ0n) is 88.4. The fourth-order valence-electron chi connectivity index (χ4n) is 18.5. The lowest BCUT2D eigenvalue weighted by atomic mass is 9.67. The second kappa shape index (κ2) is 44.5. The largest absolute Gasteiger partial charge is 0.392 e. The SMILES string of the molecule is CC(C)(C)/C1=C(\C(C)(C)C)CCCCCC1.CC(C)(C)C1=C(C(C)(C)C)C(N)CCC1.CC(C)(C)C1=C(C(C)(C)C)CCCC1.CC(C)(C)C1=C(C(C)(C)C)CNC1.CC(C)(C)C1=C(C(C)(C)C)COCCC1.CC(C)(C)C1=C(C(C)(C)C)CSCCC1.CC(C)(C)c1ccc(CO)cc1C(C)(C)C.CC(C)(C)c1ccccc1C(C)(C)C. The molecule has 8 rings (SSSR count). The highest BCUT2D eigenvalue weighted by Crippen LogP contribution is 2.49. The molecule has 0 radical (unpaired) electrons. The molecule has 0 amide bonds. The van der Waals surface area contributed by atoms with E-state index in [-0.39, 0.29) is 56.0 Å². The summed E-state index contributed by atoms with van der Waals surface area (Å²) in [6.07, 6.45) is 22.5. The van der Waals surface area contributed by atoms with Crippen LogP contribution in [0.1, 0.15) is 469 Å². The Hall–Kier alpha value is -2.93. The second-order valence-electron chi connectivity index (χ2n) is 52.8. The third-order valence-corrected chi connectivity index (χ3v) is 26.0. The number of allylic oxidation sites excluding steroid dienone is 7. The zero-order chi connectivity index (χ0) is 92.4. The van der Waals surface area contributed by atoms with E-state index >= 15 is 0 Å². The van der Waals surface area contributed by atoms with Crippen LogP contribution in [0, 0.1) is 65.0 Å². The van der Waals surface area contributed by atoms with Gasteiger partial charge in [-0.25, -0.2) is 0 Å². The van der Waals surface area contributed by atoms with E-state index in [1.807, 2.05) is 6.07 Å². The minimum absolute atomic E-state index is 0.119. The van der Waals surface area contributed by atoms with Crippen molar-refractivity contribution in [2.75, 3.05) is 37.8 Å². The van der Waals surface area contributed by atoms with Crippen molar-refractivity contribution in [2.45, 2.75) is 476 Å². The molecular weight excluding hydrogens is 1450 g/mol. The number of aliphatic hydroxyl groups is 1. The molecule has 2 aromatic rings. The van der Waals surface area contributed by atoms with E-state index in [0.29, 0.717) is 43.3 Å². The Labute approximate surface area is 743 Å². The van der Waals surface area contributed by atoms with Crippen LogP contribution in [-0.2, 0) is 33.0 Å². The number of nitrogens with two attached hydrogens (primary N) is 1. The molecule has 0 aromatic heterocycles. The summed E-state index contributed by atoms with van der Waals surface area (Å²) in [6, 6.07) is 15.4. The first-order chi connectivity index (χ1) is 52.7. The molecule has 684 valence electrons. The van der Waals surface area contributed by atoms with E-state index < -0.39 is 0 Å². The first-order valence-electron chi connectivity index (χ1n) is 47.5. The fourth-order valence-corrected chi connectivity index (χ4v) is 19.8. The van der Waals surface area contributed by atoms with Gasteiger partial charge in [0.2, 0.25) is 0 Å². The number of benzene rings is 2. The highest BCUT2D eigenvalue weighted by Gasteiger charge is 2.37. The first-order valence-corrected chi connectivity index (χ1v) is 48.7. The lowest BCUT2D eigenvalue weighted by Gasteiger charge is -2.39. The number of hydrogen-bond acceptors (Lipinski definition) is 5. The molecule has 3 aliphatic carbocycles. The molecule has 6 aliphatic rings. The second-order valence-corrected chi connectivity index (χ2v) is 53.9. The average molecular weight is 1650 g/mol. The molecule has 2 aromatic carbocycles. The van der Waals surface area contributed by atoms with Crippen LogP contribution in [0.5, 0.6) is 0 Å². The van der Waals surface area contributed by atoms with Crippen molar-refractivity contribution < 1.29 is 9.84 Å². The molecule has 4 nitrogen and oxygen atoms in total.